The molecule has 3 rings (SSSR count). The Morgan fingerprint density at radius 3 is 2.71 bits per heavy atom. The number of amides is 2. The van der Waals surface area contributed by atoms with Crippen molar-refractivity contribution in [3.63, 3.8) is 0 Å². The molecule has 122 valence electrons. The third kappa shape index (κ3) is 4.45. The summed E-state index contributed by atoms with van der Waals surface area (Å²) in [6.45, 7) is 0.533. The minimum absolute atomic E-state index is 0.307. The number of benzene rings is 2. The normalized spacial score (nSPS) is 10.4. The molecule has 0 atom stereocenters. The maximum Gasteiger partial charge on any atom is 0.320 e. The molecule has 1 heterocycles. The lowest BCUT2D eigenvalue weighted by Crippen LogP contribution is -2.30. The molecule has 2 N–H and O–H groups in total. The molecule has 0 aliphatic carbocycles. The van der Waals surface area contributed by atoms with Crippen LogP contribution in [0.15, 0.2) is 69.7 Å². The van der Waals surface area contributed by atoms with Crippen LogP contribution >= 0.6 is 15.9 Å². The van der Waals surface area contributed by atoms with Crippen molar-refractivity contribution in [3.8, 4) is 11.3 Å². The van der Waals surface area contributed by atoms with Crippen molar-refractivity contribution in [2.45, 2.75) is 6.42 Å². The Balaban J connectivity index is 1.49. The molecule has 24 heavy (non-hydrogen) atoms. The van der Waals surface area contributed by atoms with Crippen molar-refractivity contribution in [3.05, 3.63) is 70.7 Å². The Morgan fingerprint density at radius 2 is 1.92 bits per heavy atom. The van der Waals surface area contributed by atoms with E-state index >= 15 is 0 Å². The van der Waals surface area contributed by atoms with E-state index < -0.39 is 0 Å². The second kappa shape index (κ2) is 7.79. The maximum atomic E-state index is 11.9. The van der Waals surface area contributed by atoms with E-state index in [4.69, 9.17) is 4.52 Å². The largest absolute Gasteiger partial charge is 0.354 e. The molecule has 0 radical (unpaired) electrons. The van der Waals surface area contributed by atoms with Gasteiger partial charge in [-0.3, -0.25) is 5.32 Å². The monoisotopic (exact) mass is 385 g/mol. The lowest BCUT2D eigenvalue weighted by molar-refractivity contribution is 0.252. The smallest absolute Gasteiger partial charge is 0.320 e. The van der Waals surface area contributed by atoms with Crippen LogP contribution in [-0.2, 0) is 6.42 Å². The predicted octanol–water partition coefficient (Wildman–Crippen LogP) is 4.47. The molecular formula is C18H16BrN3O2. The second-order valence-electron chi connectivity index (χ2n) is 5.20. The zero-order valence-corrected chi connectivity index (χ0v) is 14.4. The van der Waals surface area contributed by atoms with E-state index in [1.807, 2.05) is 54.6 Å². The van der Waals surface area contributed by atoms with Crippen LogP contribution < -0.4 is 10.6 Å². The van der Waals surface area contributed by atoms with Gasteiger partial charge in [-0.15, -0.1) is 0 Å². The fraction of sp³-hybridized carbons (Fsp3) is 0.111. The fourth-order valence-electron chi connectivity index (χ4n) is 2.25. The van der Waals surface area contributed by atoms with Gasteiger partial charge in [0.15, 0.2) is 11.6 Å². The molecular weight excluding hydrogens is 370 g/mol. The molecule has 2 aromatic carbocycles. The highest BCUT2D eigenvalue weighted by Gasteiger charge is 2.09. The number of hydrogen-bond acceptors (Lipinski definition) is 3. The van der Waals surface area contributed by atoms with Gasteiger partial charge in [0.25, 0.3) is 0 Å². The first-order valence-electron chi connectivity index (χ1n) is 7.52. The molecule has 0 fully saturated rings. The number of anilines is 1. The van der Waals surface area contributed by atoms with Crippen molar-refractivity contribution in [1.82, 2.24) is 10.5 Å². The molecule has 0 unspecified atom stereocenters. The van der Waals surface area contributed by atoms with E-state index in [0.29, 0.717) is 18.1 Å². The number of urea groups is 1. The number of hydrogen-bond donors (Lipinski definition) is 2. The summed E-state index contributed by atoms with van der Waals surface area (Å²) in [6, 6.07) is 19.0. The van der Waals surface area contributed by atoms with Crippen LogP contribution in [-0.4, -0.2) is 17.7 Å². The number of nitrogens with zero attached hydrogens (tertiary/aromatic N) is 1. The van der Waals surface area contributed by atoms with Crippen LogP contribution in [0.5, 0.6) is 0 Å². The quantitative estimate of drug-likeness (QED) is 0.680. The molecule has 0 saturated heterocycles. The molecule has 3 aromatic rings. The van der Waals surface area contributed by atoms with Gasteiger partial charge in [-0.2, -0.15) is 0 Å². The SMILES string of the molecule is O=C(NCCc1cccc(Br)c1)Nc1cc(-c2ccccc2)on1. The molecule has 6 heteroatoms. The highest BCUT2D eigenvalue weighted by atomic mass is 79.9. The molecule has 2 amide bonds. The topological polar surface area (TPSA) is 67.2 Å². The van der Waals surface area contributed by atoms with E-state index in [1.165, 1.54) is 0 Å². The van der Waals surface area contributed by atoms with Crippen LogP contribution in [0.25, 0.3) is 11.3 Å². The maximum absolute atomic E-state index is 11.9. The van der Waals surface area contributed by atoms with E-state index in [-0.39, 0.29) is 6.03 Å². The summed E-state index contributed by atoms with van der Waals surface area (Å²) < 4.78 is 6.27. The average Bonchev–Trinajstić information content (AvgIpc) is 3.04. The number of aromatic nitrogens is 1. The zero-order valence-electron chi connectivity index (χ0n) is 12.8. The molecule has 0 aliphatic rings. The molecule has 0 bridgehead atoms. The highest BCUT2D eigenvalue weighted by molar-refractivity contribution is 9.10. The Labute approximate surface area is 148 Å². The van der Waals surface area contributed by atoms with Gasteiger partial charge in [0.05, 0.1) is 0 Å². The van der Waals surface area contributed by atoms with Gasteiger partial charge in [-0.05, 0) is 24.1 Å². The lowest BCUT2D eigenvalue weighted by atomic mass is 10.1. The Hall–Kier alpha value is -2.60. The highest BCUT2D eigenvalue weighted by Crippen LogP contribution is 2.21. The van der Waals surface area contributed by atoms with E-state index in [0.717, 1.165) is 22.0 Å². The van der Waals surface area contributed by atoms with Crippen molar-refractivity contribution >= 4 is 27.8 Å². The van der Waals surface area contributed by atoms with Crippen LogP contribution in [0, 0.1) is 0 Å². The van der Waals surface area contributed by atoms with Gasteiger partial charge in [-0.1, -0.05) is 63.6 Å². The minimum atomic E-state index is -0.307. The van der Waals surface area contributed by atoms with Gasteiger partial charge < -0.3 is 9.84 Å². The number of nitrogens with one attached hydrogen (secondary N) is 2. The van der Waals surface area contributed by atoms with Crippen molar-refractivity contribution in [1.29, 1.82) is 0 Å². The predicted molar refractivity (Wildman–Crippen MR) is 96.8 cm³/mol. The summed E-state index contributed by atoms with van der Waals surface area (Å²) >= 11 is 3.43. The number of halogens is 1. The van der Waals surface area contributed by atoms with Crippen molar-refractivity contribution in [2.24, 2.45) is 0 Å². The van der Waals surface area contributed by atoms with Gasteiger partial charge in [0.2, 0.25) is 0 Å². The summed E-state index contributed by atoms with van der Waals surface area (Å²) in [5.41, 5.74) is 2.06. The molecule has 0 aliphatic heterocycles. The van der Waals surface area contributed by atoms with Gasteiger partial charge in [-0.25, -0.2) is 4.79 Å². The van der Waals surface area contributed by atoms with Crippen LogP contribution in [0.3, 0.4) is 0 Å². The summed E-state index contributed by atoms with van der Waals surface area (Å²) in [6.07, 6.45) is 0.751. The minimum Gasteiger partial charge on any atom is -0.354 e. The summed E-state index contributed by atoms with van der Waals surface area (Å²) in [4.78, 5) is 11.9. The van der Waals surface area contributed by atoms with E-state index in [9.17, 15) is 4.79 Å². The average molecular weight is 386 g/mol. The van der Waals surface area contributed by atoms with Gasteiger partial charge in [0, 0.05) is 22.6 Å². The van der Waals surface area contributed by atoms with E-state index in [1.54, 1.807) is 6.07 Å². The molecule has 0 saturated carbocycles. The Bertz CT molecular complexity index is 818. The molecule has 0 spiro atoms. The zero-order chi connectivity index (χ0) is 16.8. The number of carbonyl (C=O) groups is 1. The van der Waals surface area contributed by atoms with Crippen LogP contribution in [0.2, 0.25) is 0 Å². The first kappa shape index (κ1) is 16.3. The third-order valence-electron chi connectivity index (χ3n) is 3.40. The fourth-order valence-corrected chi connectivity index (χ4v) is 2.69. The molecule has 1 aromatic heterocycles. The van der Waals surface area contributed by atoms with Crippen molar-refractivity contribution in [2.75, 3.05) is 11.9 Å². The van der Waals surface area contributed by atoms with E-state index in [2.05, 4.69) is 31.7 Å². The summed E-state index contributed by atoms with van der Waals surface area (Å²) in [7, 11) is 0. The Morgan fingerprint density at radius 1 is 1.08 bits per heavy atom. The Kier molecular flexibility index (Phi) is 5.28. The second-order valence-corrected chi connectivity index (χ2v) is 6.12. The molecule has 5 nitrogen and oxygen atoms in total. The summed E-state index contributed by atoms with van der Waals surface area (Å²) in [5.74, 6) is 0.994. The number of carbonyl (C=O) groups excluding carboxylic acids is 1. The van der Waals surface area contributed by atoms with Crippen LogP contribution in [0.1, 0.15) is 5.56 Å². The first-order valence-corrected chi connectivity index (χ1v) is 8.31. The standard InChI is InChI=1S/C18H16BrN3O2/c19-15-8-4-5-13(11-15)9-10-20-18(23)21-17-12-16(24-22-17)14-6-2-1-3-7-14/h1-8,11-12H,9-10H2,(H2,20,21,22,23). The summed E-state index contributed by atoms with van der Waals surface area (Å²) in [5, 5.41) is 9.32. The third-order valence-corrected chi connectivity index (χ3v) is 3.89. The van der Waals surface area contributed by atoms with Gasteiger partial charge in [0.1, 0.15) is 0 Å². The van der Waals surface area contributed by atoms with Gasteiger partial charge >= 0.3 is 6.03 Å². The number of rotatable bonds is 5. The van der Waals surface area contributed by atoms with Crippen molar-refractivity contribution < 1.29 is 9.32 Å². The first-order chi connectivity index (χ1) is 11.7. The lowest BCUT2D eigenvalue weighted by Gasteiger charge is -2.05. The van der Waals surface area contributed by atoms with Crippen LogP contribution in [0.4, 0.5) is 10.6 Å².